The standard InChI is InChI=1S/C14H15ClN2S/c1-10-8-13(4-2-11(10)6-7-16)18-14-5-3-12(15)9-17-14/h2-5,8-9H,6-7,16H2,1H3. The summed E-state index contributed by atoms with van der Waals surface area (Å²) in [5.41, 5.74) is 8.17. The summed E-state index contributed by atoms with van der Waals surface area (Å²) < 4.78 is 0. The molecule has 0 atom stereocenters. The van der Waals surface area contributed by atoms with Gasteiger partial charge in [-0.05, 0) is 55.3 Å². The predicted octanol–water partition coefficient (Wildman–Crippen LogP) is 3.70. The van der Waals surface area contributed by atoms with Crippen molar-refractivity contribution in [3.8, 4) is 0 Å². The number of nitrogens with two attached hydrogens (primary N) is 1. The lowest BCUT2D eigenvalue weighted by Crippen LogP contribution is -2.03. The van der Waals surface area contributed by atoms with E-state index in [4.69, 9.17) is 17.3 Å². The van der Waals surface area contributed by atoms with Crippen molar-refractivity contribution in [1.29, 1.82) is 0 Å². The molecule has 0 saturated heterocycles. The molecule has 0 amide bonds. The smallest absolute Gasteiger partial charge is 0.101 e. The van der Waals surface area contributed by atoms with Crippen LogP contribution in [0.25, 0.3) is 0 Å². The van der Waals surface area contributed by atoms with Crippen LogP contribution in [0.3, 0.4) is 0 Å². The van der Waals surface area contributed by atoms with E-state index in [1.165, 1.54) is 16.0 Å². The molecule has 0 fully saturated rings. The van der Waals surface area contributed by atoms with Gasteiger partial charge in [0.25, 0.3) is 0 Å². The number of hydrogen-bond donors (Lipinski definition) is 1. The van der Waals surface area contributed by atoms with Gasteiger partial charge in [0.05, 0.1) is 5.02 Å². The molecule has 2 rings (SSSR count). The summed E-state index contributed by atoms with van der Waals surface area (Å²) in [6.07, 6.45) is 2.59. The van der Waals surface area contributed by atoms with E-state index in [0.717, 1.165) is 11.4 Å². The zero-order valence-electron chi connectivity index (χ0n) is 10.2. The molecule has 0 bridgehead atoms. The Morgan fingerprint density at radius 3 is 2.72 bits per heavy atom. The van der Waals surface area contributed by atoms with Crippen LogP contribution in [-0.4, -0.2) is 11.5 Å². The fourth-order valence-corrected chi connectivity index (χ4v) is 2.68. The molecule has 0 spiro atoms. The highest BCUT2D eigenvalue weighted by molar-refractivity contribution is 7.99. The van der Waals surface area contributed by atoms with Crippen molar-refractivity contribution >= 4 is 23.4 Å². The SMILES string of the molecule is Cc1cc(Sc2ccc(Cl)cn2)ccc1CCN. The average Bonchev–Trinajstić information content (AvgIpc) is 2.36. The number of aryl methyl sites for hydroxylation is 1. The van der Waals surface area contributed by atoms with Gasteiger partial charge in [0.15, 0.2) is 0 Å². The van der Waals surface area contributed by atoms with Crippen LogP contribution in [0.5, 0.6) is 0 Å². The molecule has 0 unspecified atom stereocenters. The van der Waals surface area contributed by atoms with Crippen LogP contribution in [0, 0.1) is 6.92 Å². The molecule has 0 aliphatic rings. The Morgan fingerprint density at radius 1 is 1.28 bits per heavy atom. The van der Waals surface area contributed by atoms with Crippen LogP contribution in [0.15, 0.2) is 46.5 Å². The minimum atomic E-state index is 0.661. The van der Waals surface area contributed by atoms with Crippen LogP contribution in [0.2, 0.25) is 5.02 Å². The third-order valence-electron chi connectivity index (χ3n) is 2.65. The van der Waals surface area contributed by atoms with Crippen molar-refractivity contribution in [3.63, 3.8) is 0 Å². The minimum Gasteiger partial charge on any atom is -0.330 e. The maximum Gasteiger partial charge on any atom is 0.101 e. The van der Waals surface area contributed by atoms with Gasteiger partial charge in [-0.2, -0.15) is 0 Å². The number of hydrogen-bond acceptors (Lipinski definition) is 3. The van der Waals surface area contributed by atoms with Gasteiger partial charge in [0.1, 0.15) is 5.03 Å². The second-order valence-electron chi connectivity index (χ2n) is 4.04. The summed E-state index contributed by atoms with van der Waals surface area (Å²) in [4.78, 5) is 5.46. The van der Waals surface area contributed by atoms with E-state index in [2.05, 4.69) is 30.1 Å². The quantitative estimate of drug-likeness (QED) is 0.927. The Morgan fingerprint density at radius 2 is 2.11 bits per heavy atom. The Balaban J connectivity index is 2.14. The predicted molar refractivity (Wildman–Crippen MR) is 77.3 cm³/mol. The highest BCUT2D eigenvalue weighted by Crippen LogP contribution is 2.28. The van der Waals surface area contributed by atoms with Crippen molar-refractivity contribution < 1.29 is 0 Å². The van der Waals surface area contributed by atoms with E-state index >= 15 is 0 Å². The first-order chi connectivity index (χ1) is 8.69. The molecule has 0 aliphatic carbocycles. The topological polar surface area (TPSA) is 38.9 Å². The van der Waals surface area contributed by atoms with Crippen LogP contribution >= 0.6 is 23.4 Å². The second-order valence-corrected chi connectivity index (χ2v) is 5.57. The van der Waals surface area contributed by atoms with Gasteiger partial charge in [-0.3, -0.25) is 0 Å². The van der Waals surface area contributed by atoms with Crippen molar-refractivity contribution in [2.75, 3.05) is 6.54 Å². The van der Waals surface area contributed by atoms with Gasteiger partial charge in [-0.15, -0.1) is 0 Å². The number of pyridine rings is 1. The number of nitrogens with zero attached hydrogens (tertiary/aromatic N) is 1. The Kier molecular flexibility index (Phi) is 4.64. The average molecular weight is 279 g/mol. The lowest BCUT2D eigenvalue weighted by Gasteiger charge is -2.07. The van der Waals surface area contributed by atoms with Crippen molar-refractivity contribution in [1.82, 2.24) is 4.98 Å². The highest BCUT2D eigenvalue weighted by atomic mass is 35.5. The van der Waals surface area contributed by atoms with E-state index in [1.54, 1.807) is 18.0 Å². The van der Waals surface area contributed by atoms with E-state index in [9.17, 15) is 0 Å². The first-order valence-electron chi connectivity index (χ1n) is 5.78. The highest BCUT2D eigenvalue weighted by Gasteiger charge is 2.02. The lowest BCUT2D eigenvalue weighted by atomic mass is 10.1. The molecule has 4 heteroatoms. The fourth-order valence-electron chi connectivity index (χ4n) is 1.71. The lowest BCUT2D eigenvalue weighted by molar-refractivity contribution is 0.954. The van der Waals surface area contributed by atoms with Gasteiger partial charge >= 0.3 is 0 Å². The molecular weight excluding hydrogens is 264 g/mol. The van der Waals surface area contributed by atoms with Gasteiger partial charge in [0.2, 0.25) is 0 Å². The maximum absolute atomic E-state index is 5.81. The first-order valence-corrected chi connectivity index (χ1v) is 6.97. The van der Waals surface area contributed by atoms with Crippen LogP contribution < -0.4 is 5.73 Å². The molecule has 2 aromatic rings. The van der Waals surface area contributed by atoms with Crippen molar-refractivity contribution in [3.05, 3.63) is 52.7 Å². The first kappa shape index (κ1) is 13.4. The van der Waals surface area contributed by atoms with Crippen LogP contribution in [0.1, 0.15) is 11.1 Å². The number of benzene rings is 1. The van der Waals surface area contributed by atoms with E-state index in [-0.39, 0.29) is 0 Å². The second kappa shape index (κ2) is 6.23. The van der Waals surface area contributed by atoms with E-state index in [0.29, 0.717) is 11.6 Å². The number of halogens is 1. The van der Waals surface area contributed by atoms with Crippen molar-refractivity contribution in [2.24, 2.45) is 5.73 Å². The summed E-state index contributed by atoms with van der Waals surface area (Å²) in [6, 6.07) is 10.2. The largest absolute Gasteiger partial charge is 0.330 e. The van der Waals surface area contributed by atoms with Crippen LogP contribution in [-0.2, 0) is 6.42 Å². The summed E-state index contributed by atoms with van der Waals surface area (Å²) >= 11 is 7.45. The zero-order chi connectivity index (χ0) is 13.0. The molecule has 0 aliphatic heterocycles. The Hall–Kier alpha value is -1.03. The normalized spacial score (nSPS) is 10.6. The van der Waals surface area contributed by atoms with Gasteiger partial charge in [-0.1, -0.05) is 29.4 Å². The summed E-state index contributed by atoms with van der Waals surface area (Å²) in [6.45, 7) is 2.80. The molecule has 2 nitrogen and oxygen atoms in total. The maximum atomic E-state index is 5.81. The Labute approximate surface area is 117 Å². The minimum absolute atomic E-state index is 0.661. The molecule has 2 N–H and O–H groups in total. The third kappa shape index (κ3) is 3.48. The molecular formula is C14H15ClN2S. The summed E-state index contributed by atoms with van der Waals surface area (Å²) in [7, 11) is 0. The molecule has 0 saturated carbocycles. The molecule has 18 heavy (non-hydrogen) atoms. The van der Waals surface area contributed by atoms with E-state index < -0.39 is 0 Å². The van der Waals surface area contributed by atoms with Crippen LogP contribution in [0.4, 0.5) is 0 Å². The zero-order valence-corrected chi connectivity index (χ0v) is 11.8. The number of rotatable bonds is 4. The van der Waals surface area contributed by atoms with E-state index in [1.807, 2.05) is 12.1 Å². The molecule has 1 heterocycles. The van der Waals surface area contributed by atoms with Gasteiger partial charge in [-0.25, -0.2) is 4.98 Å². The molecule has 1 aromatic carbocycles. The van der Waals surface area contributed by atoms with Gasteiger partial charge in [0, 0.05) is 11.1 Å². The monoisotopic (exact) mass is 278 g/mol. The fraction of sp³-hybridized carbons (Fsp3) is 0.214. The summed E-state index contributed by atoms with van der Waals surface area (Å²) in [5.74, 6) is 0. The Bertz CT molecular complexity index is 526. The third-order valence-corrected chi connectivity index (χ3v) is 3.81. The number of aromatic nitrogens is 1. The van der Waals surface area contributed by atoms with Crippen molar-refractivity contribution in [2.45, 2.75) is 23.3 Å². The molecule has 0 radical (unpaired) electrons. The summed E-state index contributed by atoms with van der Waals surface area (Å²) in [5, 5.41) is 1.61. The molecule has 1 aromatic heterocycles. The molecule has 94 valence electrons. The van der Waals surface area contributed by atoms with Gasteiger partial charge < -0.3 is 5.73 Å².